The molecule has 3 aliphatic rings. The Morgan fingerprint density at radius 3 is 3.20 bits per heavy atom. The number of nitrogens with one attached hydrogen (secondary N) is 1. The molecule has 4 heteroatoms. The molecule has 0 aromatic carbocycles. The number of amides is 1. The van der Waals surface area contributed by atoms with E-state index in [1.54, 1.807) is 0 Å². The van der Waals surface area contributed by atoms with Gasteiger partial charge in [-0.2, -0.15) is 0 Å². The predicted molar refractivity (Wildman–Crippen MR) is 55.3 cm³/mol. The molecule has 3 heterocycles. The number of carbonyl (C=O) groups is 1. The fourth-order valence-electron chi connectivity index (χ4n) is 3.66. The van der Waals surface area contributed by atoms with Crippen LogP contribution in [0.5, 0.6) is 0 Å². The molecule has 4 nitrogen and oxygen atoms in total. The molecule has 3 unspecified atom stereocenters. The number of hydrogen-bond donors (Lipinski definition) is 2. The number of nitrogens with zero attached hydrogens (tertiary/aromatic N) is 1. The third-order valence-corrected chi connectivity index (χ3v) is 4.50. The normalized spacial score (nSPS) is 45.0. The molecule has 0 saturated carbocycles. The smallest absolute Gasteiger partial charge is 0.221 e. The Morgan fingerprint density at radius 2 is 2.40 bits per heavy atom. The maximum Gasteiger partial charge on any atom is 0.221 e. The van der Waals surface area contributed by atoms with Crippen molar-refractivity contribution in [3.05, 3.63) is 0 Å². The van der Waals surface area contributed by atoms with Crippen molar-refractivity contribution in [3.8, 4) is 0 Å². The molecule has 3 aliphatic heterocycles. The standard InChI is InChI=1S/C11H18N2O2/c14-7-11-3-5-13-4-1-2-8(13)10(11)12-9(15)6-11/h8,10,14H,1-7H2,(H,12,15). The van der Waals surface area contributed by atoms with E-state index in [0.717, 1.165) is 13.0 Å². The molecule has 2 N–H and O–H groups in total. The van der Waals surface area contributed by atoms with E-state index >= 15 is 0 Å². The molecule has 3 saturated heterocycles. The van der Waals surface area contributed by atoms with Crippen molar-refractivity contribution in [2.45, 2.75) is 37.8 Å². The third-order valence-electron chi connectivity index (χ3n) is 4.50. The van der Waals surface area contributed by atoms with Gasteiger partial charge in [0.2, 0.25) is 5.91 Å². The Morgan fingerprint density at radius 1 is 1.53 bits per heavy atom. The molecule has 0 aliphatic carbocycles. The number of piperidine rings is 1. The molecule has 0 bridgehead atoms. The van der Waals surface area contributed by atoms with E-state index in [4.69, 9.17) is 0 Å². The molecule has 15 heavy (non-hydrogen) atoms. The molecular formula is C11H18N2O2. The fraction of sp³-hybridized carbons (Fsp3) is 0.909. The number of fused-ring (bicyclic) bond motifs is 3. The van der Waals surface area contributed by atoms with Crippen LogP contribution < -0.4 is 5.32 Å². The van der Waals surface area contributed by atoms with Gasteiger partial charge < -0.3 is 10.4 Å². The maximum absolute atomic E-state index is 11.5. The van der Waals surface area contributed by atoms with Gasteiger partial charge in [-0.25, -0.2) is 0 Å². The molecule has 1 amide bonds. The quantitative estimate of drug-likeness (QED) is 0.626. The van der Waals surface area contributed by atoms with Crippen molar-refractivity contribution >= 4 is 5.91 Å². The van der Waals surface area contributed by atoms with Crippen LogP contribution in [-0.4, -0.2) is 47.7 Å². The SMILES string of the molecule is O=C1CC2(CO)CCN3CCCC3C2N1. The first kappa shape index (κ1) is 9.60. The second-order valence-corrected chi connectivity index (χ2v) is 5.24. The maximum atomic E-state index is 11.5. The predicted octanol–water partition coefficient (Wildman–Crippen LogP) is -0.278. The number of hydrogen-bond acceptors (Lipinski definition) is 3. The van der Waals surface area contributed by atoms with Crippen molar-refractivity contribution in [2.75, 3.05) is 19.7 Å². The number of aliphatic hydroxyl groups excluding tert-OH is 1. The highest BCUT2D eigenvalue weighted by Gasteiger charge is 2.54. The summed E-state index contributed by atoms with van der Waals surface area (Å²) in [5.74, 6) is 0.128. The van der Waals surface area contributed by atoms with E-state index in [-0.39, 0.29) is 24.0 Å². The van der Waals surface area contributed by atoms with E-state index in [2.05, 4.69) is 10.2 Å². The van der Waals surface area contributed by atoms with Gasteiger partial charge in [-0.05, 0) is 32.4 Å². The fourth-order valence-corrected chi connectivity index (χ4v) is 3.66. The zero-order valence-corrected chi connectivity index (χ0v) is 8.91. The Balaban J connectivity index is 1.91. The average Bonchev–Trinajstić information content (AvgIpc) is 2.79. The summed E-state index contributed by atoms with van der Waals surface area (Å²) in [5.41, 5.74) is -0.150. The molecular weight excluding hydrogens is 192 g/mol. The molecule has 3 rings (SSSR count). The highest BCUT2D eigenvalue weighted by atomic mass is 16.3. The topological polar surface area (TPSA) is 52.6 Å². The lowest BCUT2D eigenvalue weighted by molar-refractivity contribution is -0.120. The summed E-state index contributed by atoms with van der Waals surface area (Å²) in [4.78, 5) is 14.0. The zero-order chi connectivity index (χ0) is 10.5. The highest BCUT2D eigenvalue weighted by Crippen LogP contribution is 2.44. The van der Waals surface area contributed by atoms with Crippen LogP contribution in [0.2, 0.25) is 0 Å². The van der Waals surface area contributed by atoms with Gasteiger partial charge in [-0.1, -0.05) is 0 Å². The van der Waals surface area contributed by atoms with Crippen molar-refractivity contribution in [3.63, 3.8) is 0 Å². The van der Waals surface area contributed by atoms with Gasteiger partial charge >= 0.3 is 0 Å². The van der Waals surface area contributed by atoms with Crippen LogP contribution in [-0.2, 0) is 4.79 Å². The number of aliphatic hydroxyl groups is 1. The molecule has 0 aromatic rings. The van der Waals surface area contributed by atoms with E-state index < -0.39 is 0 Å². The molecule has 0 radical (unpaired) electrons. The minimum atomic E-state index is -0.150. The molecule has 3 fully saturated rings. The lowest BCUT2D eigenvalue weighted by Crippen LogP contribution is -2.58. The summed E-state index contributed by atoms with van der Waals surface area (Å²) in [6.45, 7) is 2.37. The van der Waals surface area contributed by atoms with Crippen LogP contribution in [0.3, 0.4) is 0 Å². The average molecular weight is 210 g/mol. The van der Waals surface area contributed by atoms with Gasteiger partial charge in [0.25, 0.3) is 0 Å². The van der Waals surface area contributed by atoms with E-state index in [1.165, 1.54) is 19.4 Å². The molecule has 0 spiro atoms. The Hall–Kier alpha value is -0.610. The van der Waals surface area contributed by atoms with Crippen LogP contribution in [0.4, 0.5) is 0 Å². The van der Waals surface area contributed by atoms with Gasteiger partial charge in [0.05, 0.1) is 12.6 Å². The van der Waals surface area contributed by atoms with E-state index in [1.807, 2.05) is 0 Å². The van der Waals surface area contributed by atoms with Crippen LogP contribution in [0.15, 0.2) is 0 Å². The summed E-state index contributed by atoms with van der Waals surface area (Å²) in [5, 5.41) is 12.7. The monoisotopic (exact) mass is 210 g/mol. The molecule has 0 aromatic heterocycles. The Labute approximate surface area is 89.6 Å². The second-order valence-electron chi connectivity index (χ2n) is 5.24. The Bertz CT molecular complexity index is 294. The minimum absolute atomic E-state index is 0.128. The van der Waals surface area contributed by atoms with Gasteiger partial charge in [-0.15, -0.1) is 0 Å². The second kappa shape index (κ2) is 3.19. The molecule has 84 valence electrons. The number of carbonyl (C=O) groups excluding carboxylic acids is 1. The minimum Gasteiger partial charge on any atom is -0.396 e. The largest absolute Gasteiger partial charge is 0.396 e. The highest BCUT2D eigenvalue weighted by molar-refractivity contribution is 5.80. The van der Waals surface area contributed by atoms with Gasteiger partial charge in [0.1, 0.15) is 0 Å². The van der Waals surface area contributed by atoms with Crippen LogP contribution >= 0.6 is 0 Å². The summed E-state index contributed by atoms with van der Waals surface area (Å²) in [6.07, 6.45) is 3.90. The van der Waals surface area contributed by atoms with Crippen LogP contribution in [0.25, 0.3) is 0 Å². The lowest BCUT2D eigenvalue weighted by atomic mass is 9.72. The molecule has 3 atom stereocenters. The van der Waals surface area contributed by atoms with E-state index in [0.29, 0.717) is 12.5 Å². The zero-order valence-electron chi connectivity index (χ0n) is 8.91. The van der Waals surface area contributed by atoms with Crippen molar-refractivity contribution in [1.29, 1.82) is 0 Å². The van der Waals surface area contributed by atoms with Crippen molar-refractivity contribution in [1.82, 2.24) is 10.2 Å². The Kier molecular flexibility index (Phi) is 2.04. The summed E-state index contributed by atoms with van der Waals surface area (Å²) >= 11 is 0. The van der Waals surface area contributed by atoms with Crippen molar-refractivity contribution in [2.24, 2.45) is 5.41 Å². The first-order valence-electron chi connectivity index (χ1n) is 5.89. The summed E-state index contributed by atoms with van der Waals surface area (Å²) in [7, 11) is 0. The summed E-state index contributed by atoms with van der Waals surface area (Å²) < 4.78 is 0. The van der Waals surface area contributed by atoms with Crippen LogP contribution in [0, 0.1) is 5.41 Å². The first-order valence-corrected chi connectivity index (χ1v) is 5.89. The third kappa shape index (κ3) is 1.24. The van der Waals surface area contributed by atoms with Gasteiger partial charge in [0, 0.05) is 17.9 Å². The van der Waals surface area contributed by atoms with Gasteiger partial charge in [0.15, 0.2) is 0 Å². The van der Waals surface area contributed by atoms with Crippen LogP contribution in [0.1, 0.15) is 25.7 Å². The summed E-state index contributed by atoms with van der Waals surface area (Å²) in [6, 6.07) is 0.684. The number of rotatable bonds is 1. The van der Waals surface area contributed by atoms with Crippen molar-refractivity contribution < 1.29 is 9.90 Å². The van der Waals surface area contributed by atoms with E-state index in [9.17, 15) is 9.90 Å². The van der Waals surface area contributed by atoms with Gasteiger partial charge in [-0.3, -0.25) is 9.69 Å². The lowest BCUT2D eigenvalue weighted by Gasteiger charge is -2.45. The first-order chi connectivity index (χ1) is 7.25.